The van der Waals surface area contributed by atoms with E-state index >= 15 is 0 Å². The molecular weight excluding hydrogens is 214 g/mol. The van der Waals surface area contributed by atoms with Gasteiger partial charge in [0.15, 0.2) is 0 Å². The average Bonchev–Trinajstić information content (AvgIpc) is 2.83. The summed E-state index contributed by atoms with van der Waals surface area (Å²) in [5, 5.41) is 12.1. The Morgan fingerprint density at radius 2 is 1.88 bits per heavy atom. The quantitative estimate of drug-likeness (QED) is 0.840. The highest BCUT2D eigenvalue weighted by atomic mass is 16.3. The number of rotatable bonds is 4. The number of hydrogen-bond acceptors (Lipinski definition) is 2. The first-order chi connectivity index (χ1) is 8.25. The molecule has 0 aliphatic heterocycles. The fourth-order valence-corrected chi connectivity index (χ4v) is 2.40. The molecule has 0 radical (unpaired) electrons. The summed E-state index contributed by atoms with van der Waals surface area (Å²) in [6, 6.07) is 6.35. The zero-order valence-corrected chi connectivity index (χ0v) is 9.98. The summed E-state index contributed by atoms with van der Waals surface area (Å²) in [6.45, 7) is 0.754. The Bertz CT molecular complexity index is 366. The Balaban J connectivity index is 1.75. The SMILES string of the molecule is O=C(NCCC1CCCC1)c1ccc(O)cc1. The standard InChI is InChI=1S/C14H19NO2/c16-13-7-5-12(6-8-13)14(17)15-10-9-11-3-1-2-4-11/h5-8,11,16H,1-4,9-10H2,(H,15,17). The minimum atomic E-state index is -0.0528. The van der Waals surface area contributed by atoms with Gasteiger partial charge < -0.3 is 10.4 Å². The van der Waals surface area contributed by atoms with Crippen LogP contribution in [-0.4, -0.2) is 17.6 Å². The van der Waals surface area contributed by atoms with Crippen molar-refractivity contribution in [1.29, 1.82) is 0 Å². The smallest absolute Gasteiger partial charge is 0.251 e. The van der Waals surface area contributed by atoms with Crippen molar-refractivity contribution < 1.29 is 9.90 Å². The molecule has 1 fully saturated rings. The molecule has 1 aliphatic carbocycles. The van der Waals surface area contributed by atoms with Crippen LogP contribution < -0.4 is 5.32 Å². The molecule has 1 aliphatic rings. The number of hydrogen-bond donors (Lipinski definition) is 2. The molecule has 1 amide bonds. The zero-order chi connectivity index (χ0) is 12.1. The van der Waals surface area contributed by atoms with E-state index in [2.05, 4.69) is 5.32 Å². The van der Waals surface area contributed by atoms with E-state index < -0.39 is 0 Å². The molecule has 1 saturated carbocycles. The number of phenols is 1. The highest BCUT2D eigenvalue weighted by Gasteiger charge is 2.14. The molecule has 2 N–H and O–H groups in total. The third-order valence-electron chi connectivity index (χ3n) is 3.44. The second-order valence-corrected chi connectivity index (χ2v) is 4.74. The summed E-state index contributed by atoms with van der Waals surface area (Å²) in [7, 11) is 0. The first-order valence-electron chi connectivity index (χ1n) is 6.33. The lowest BCUT2D eigenvalue weighted by molar-refractivity contribution is 0.0951. The molecule has 1 aromatic rings. The molecule has 92 valence electrons. The van der Waals surface area contributed by atoms with E-state index in [0.29, 0.717) is 5.56 Å². The summed E-state index contributed by atoms with van der Waals surface area (Å²) < 4.78 is 0. The van der Waals surface area contributed by atoms with Gasteiger partial charge in [-0.25, -0.2) is 0 Å². The van der Waals surface area contributed by atoms with Gasteiger partial charge in [0.2, 0.25) is 0 Å². The Morgan fingerprint density at radius 1 is 1.24 bits per heavy atom. The minimum Gasteiger partial charge on any atom is -0.508 e. The molecule has 0 spiro atoms. The molecule has 0 heterocycles. The minimum absolute atomic E-state index is 0.0528. The van der Waals surface area contributed by atoms with Crippen LogP contribution in [-0.2, 0) is 0 Å². The van der Waals surface area contributed by atoms with Gasteiger partial charge >= 0.3 is 0 Å². The summed E-state index contributed by atoms with van der Waals surface area (Å²) >= 11 is 0. The van der Waals surface area contributed by atoms with Crippen LogP contribution in [0.1, 0.15) is 42.5 Å². The van der Waals surface area contributed by atoms with Gasteiger partial charge in [-0.05, 0) is 36.6 Å². The van der Waals surface area contributed by atoms with Gasteiger partial charge in [-0.3, -0.25) is 4.79 Å². The van der Waals surface area contributed by atoms with E-state index in [0.717, 1.165) is 18.9 Å². The van der Waals surface area contributed by atoms with Gasteiger partial charge in [-0.2, -0.15) is 0 Å². The number of benzene rings is 1. The molecular formula is C14H19NO2. The van der Waals surface area contributed by atoms with Gasteiger partial charge in [-0.15, -0.1) is 0 Å². The van der Waals surface area contributed by atoms with Gasteiger partial charge in [0.1, 0.15) is 5.75 Å². The summed E-state index contributed by atoms with van der Waals surface area (Å²) in [6.07, 6.45) is 6.40. The Hall–Kier alpha value is -1.51. The number of amides is 1. The number of carbonyl (C=O) groups excluding carboxylic acids is 1. The molecule has 0 atom stereocenters. The van der Waals surface area contributed by atoms with Crippen molar-refractivity contribution >= 4 is 5.91 Å². The maximum atomic E-state index is 11.7. The largest absolute Gasteiger partial charge is 0.508 e. The molecule has 3 nitrogen and oxygen atoms in total. The van der Waals surface area contributed by atoms with E-state index in [4.69, 9.17) is 5.11 Å². The van der Waals surface area contributed by atoms with Crippen LogP contribution in [0, 0.1) is 5.92 Å². The number of aromatic hydroxyl groups is 1. The second-order valence-electron chi connectivity index (χ2n) is 4.74. The maximum Gasteiger partial charge on any atom is 0.251 e. The van der Waals surface area contributed by atoms with Crippen molar-refractivity contribution in [3.63, 3.8) is 0 Å². The third-order valence-corrected chi connectivity index (χ3v) is 3.44. The predicted octanol–water partition coefficient (Wildman–Crippen LogP) is 2.70. The second kappa shape index (κ2) is 5.71. The van der Waals surface area contributed by atoms with E-state index in [9.17, 15) is 4.79 Å². The van der Waals surface area contributed by atoms with Crippen molar-refractivity contribution in [3.05, 3.63) is 29.8 Å². The Labute approximate surface area is 102 Å². The van der Waals surface area contributed by atoms with Crippen LogP contribution >= 0.6 is 0 Å². The van der Waals surface area contributed by atoms with E-state index in [1.807, 2.05) is 0 Å². The zero-order valence-electron chi connectivity index (χ0n) is 9.98. The monoisotopic (exact) mass is 233 g/mol. The topological polar surface area (TPSA) is 49.3 Å². The van der Waals surface area contributed by atoms with Crippen LogP contribution in [0.5, 0.6) is 5.75 Å². The van der Waals surface area contributed by atoms with Gasteiger partial charge in [0.25, 0.3) is 5.91 Å². The number of carbonyl (C=O) groups is 1. The van der Waals surface area contributed by atoms with Gasteiger partial charge in [-0.1, -0.05) is 25.7 Å². The molecule has 0 bridgehead atoms. The number of nitrogens with one attached hydrogen (secondary N) is 1. The summed E-state index contributed by atoms with van der Waals surface area (Å²) in [4.78, 5) is 11.7. The summed E-state index contributed by atoms with van der Waals surface area (Å²) in [5.74, 6) is 0.936. The van der Waals surface area contributed by atoms with Crippen LogP contribution in [0.3, 0.4) is 0 Å². The molecule has 3 heteroatoms. The van der Waals surface area contributed by atoms with Crippen molar-refractivity contribution in [2.45, 2.75) is 32.1 Å². The van der Waals surface area contributed by atoms with Crippen LogP contribution in [0.4, 0.5) is 0 Å². The lowest BCUT2D eigenvalue weighted by Gasteiger charge is -2.09. The first kappa shape index (κ1) is 12.0. The van der Waals surface area contributed by atoms with E-state index in [1.165, 1.54) is 37.8 Å². The fourth-order valence-electron chi connectivity index (χ4n) is 2.40. The predicted molar refractivity (Wildman–Crippen MR) is 67.0 cm³/mol. The van der Waals surface area contributed by atoms with Gasteiger partial charge in [0, 0.05) is 12.1 Å². The van der Waals surface area contributed by atoms with Crippen LogP contribution in [0.15, 0.2) is 24.3 Å². The maximum absolute atomic E-state index is 11.7. The normalized spacial score (nSPS) is 16.0. The molecule has 1 aromatic carbocycles. The van der Waals surface area contributed by atoms with Crippen LogP contribution in [0.2, 0.25) is 0 Å². The highest BCUT2D eigenvalue weighted by molar-refractivity contribution is 5.94. The van der Waals surface area contributed by atoms with Crippen molar-refractivity contribution in [2.24, 2.45) is 5.92 Å². The highest BCUT2D eigenvalue weighted by Crippen LogP contribution is 2.26. The van der Waals surface area contributed by atoms with E-state index in [-0.39, 0.29) is 11.7 Å². The molecule has 0 unspecified atom stereocenters. The lowest BCUT2D eigenvalue weighted by atomic mass is 10.0. The third kappa shape index (κ3) is 3.48. The molecule has 2 rings (SSSR count). The molecule has 17 heavy (non-hydrogen) atoms. The lowest BCUT2D eigenvalue weighted by Crippen LogP contribution is -2.25. The number of phenolic OH excluding ortho intramolecular Hbond substituents is 1. The van der Waals surface area contributed by atoms with Crippen molar-refractivity contribution in [2.75, 3.05) is 6.54 Å². The Kier molecular flexibility index (Phi) is 4.02. The van der Waals surface area contributed by atoms with Gasteiger partial charge in [0.05, 0.1) is 0 Å². The summed E-state index contributed by atoms with van der Waals surface area (Å²) in [5.41, 5.74) is 0.606. The van der Waals surface area contributed by atoms with Crippen LogP contribution in [0.25, 0.3) is 0 Å². The Morgan fingerprint density at radius 3 is 2.53 bits per heavy atom. The van der Waals surface area contributed by atoms with Crippen molar-refractivity contribution in [3.8, 4) is 5.75 Å². The van der Waals surface area contributed by atoms with E-state index in [1.54, 1.807) is 12.1 Å². The average molecular weight is 233 g/mol. The molecule has 0 saturated heterocycles. The first-order valence-corrected chi connectivity index (χ1v) is 6.33. The fraction of sp³-hybridized carbons (Fsp3) is 0.500. The van der Waals surface area contributed by atoms with Crippen molar-refractivity contribution in [1.82, 2.24) is 5.32 Å². The molecule has 0 aromatic heterocycles.